The van der Waals surface area contributed by atoms with Crippen LogP contribution in [0.25, 0.3) is 11.3 Å². The summed E-state index contributed by atoms with van der Waals surface area (Å²) in [5.41, 5.74) is 2.82. The number of carbonyl (C=O) groups excluding carboxylic acids is 1. The van der Waals surface area contributed by atoms with E-state index in [2.05, 4.69) is 15.7 Å². The quantitative estimate of drug-likeness (QED) is 0.643. The number of nitrogens with one attached hydrogen (secondary N) is 2. The van der Waals surface area contributed by atoms with Crippen LogP contribution in [0, 0.1) is 6.92 Å². The van der Waals surface area contributed by atoms with Crippen molar-refractivity contribution in [2.45, 2.75) is 20.0 Å². The first kappa shape index (κ1) is 16.8. The van der Waals surface area contributed by atoms with Crippen LogP contribution in [-0.4, -0.2) is 27.5 Å². The third kappa shape index (κ3) is 4.07. The van der Waals surface area contributed by atoms with Gasteiger partial charge in [0.2, 0.25) is 0 Å². The van der Waals surface area contributed by atoms with E-state index < -0.39 is 0 Å². The molecule has 0 saturated carbocycles. The van der Waals surface area contributed by atoms with Crippen LogP contribution in [0.3, 0.4) is 0 Å². The first-order valence-corrected chi connectivity index (χ1v) is 7.99. The molecule has 0 aliphatic heterocycles. The molecule has 0 atom stereocenters. The largest absolute Gasteiger partial charge is 0.467 e. The molecule has 0 saturated heterocycles. The van der Waals surface area contributed by atoms with Crippen LogP contribution in [-0.2, 0) is 13.1 Å². The third-order valence-electron chi connectivity index (χ3n) is 3.76. The number of benzene rings is 1. The van der Waals surface area contributed by atoms with Crippen LogP contribution >= 0.6 is 0 Å². The number of aliphatic hydroxyl groups is 1. The van der Waals surface area contributed by atoms with Crippen molar-refractivity contribution in [1.82, 2.24) is 15.1 Å². The number of urea groups is 1. The monoisotopic (exact) mass is 340 g/mol. The number of nitrogens with zero attached hydrogens (tertiary/aromatic N) is 2. The highest BCUT2D eigenvalue weighted by Gasteiger charge is 2.13. The van der Waals surface area contributed by atoms with Gasteiger partial charge in [0.05, 0.1) is 31.7 Å². The molecular weight excluding hydrogens is 320 g/mol. The van der Waals surface area contributed by atoms with Crippen LogP contribution in [0.1, 0.15) is 11.3 Å². The Morgan fingerprint density at radius 2 is 2.12 bits per heavy atom. The summed E-state index contributed by atoms with van der Waals surface area (Å²) in [5.74, 6) is 1.18. The molecule has 1 aromatic carbocycles. The lowest BCUT2D eigenvalue weighted by Gasteiger charge is -2.08. The Balaban J connectivity index is 1.75. The maximum Gasteiger partial charge on any atom is 0.320 e. The van der Waals surface area contributed by atoms with Crippen molar-refractivity contribution in [2.24, 2.45) is 0 Å². The fraction of sp³-hybridized carbons (Fsp3) is 0.222. The SMILES string of the molecule is Cc1ccccc1-c1cc(NC(=O)NCc2ccco2)n(CCO)n1. The van der Waals surface area contributed by atoms with Crippen LogP contribution in [0.5, 0.6) is 0 Å². The fourth-order valence-electron chi connectivity index (χ4n) is 2.52. The minimum atomic E-state index is -0.369. The molecule has 0 aliphatic rings. The Bertz CT molecular complexity index is 840. The zero-order valence-corrected chi connectivity index (χ0v) is 13.9. The number of aromatic nitrogens is 2. The van der Waals surface area contributed by atoms with Gasteiger partial charge in [0.25, 0.3) is 0 Å². The van der Waals surface area contributed by atoms with Crippen LogP contribution < -0.4 is 10.6 Å². The van der Waals surface area contributed by atoms with Crippen LogP contribution in [0.2, 0.25) is 0 Å². The van der Waals surface area contributed by atoms with Crippen LogP contribution in [0.15, 0.2) is 53.1 Å². The van der Waals surface area contributed by atoms with Gasteiger partial charge < -0.3 is 14.8 Å². The predicted octanol–water partition coefficient (Wildman–Crippen LogP) is 2.77. The molecule has 7 heteroatoms. The molecule has 0 aliphatic carbocycles. The van der Waals surface area contributed by atoms with Gasteiger partial charge in [-0.2, -0.15) is 5.10 Å². The van der Waals surface area contributed by atoms with Crippen LogP contribution in [0.4, 0.5) is 10.6 Å². The minimum Gasteiger partial charge on any atom is -0.467 e. The van der Waals surface area contributed by atoms with Gasteiger partial charge in [-0.05, 0) is 24.6 Å². The summed E-state index contributed by atoms with van der Waals surface area (Å²) in [6.45, 7) is 2.51. The first-order chi connectivity index (χ1) is 12.2. The lowest BCUT2D eigenvalue weighted by molar-refractivity contribution is 0.250. The maximum atomic E-state index is 12.1. The number of aliphatic hydroxyl groups excluding tert-OH is 1. The van der Waals surface area contributed by atoms with Gasteiger partial charge in [0.1, 0.15) is 11.6 Å². The molecule has 3 N–H and O–H groups in total. The van der Waals surface area contributed by atoms with Gasteiger partial charge in [0.15, 0.2) is 0 Å². The molecule has 0 spiro atoms. The summed E-state index contributed by atoms with van der Waals surface area (Å²) in [6, 6.07) is 12.9. The Labute approximate surface area is 145 Å². The van der Waals surface area contributed by atoms with E-state index in [1.807, 2.05) is 31.2 Å². The molecule has 7 nitrogen and oxygen atoms in total. The molecule has 2 amide bonds. The highest BCUT2D eigenvalue weighted by Crippen LogP contribution is 2.24. The molecule has 3 aromatic rings. The number of hydrogen-bond donors (Lipinski definition) is 3. The standard InChI is InChI=1S/C18H20N4O3/c1-13-5-2-3-7-15(13)16-11-17(22(21-16)8-9-23)20-18(24)19-12-14-6-4-10-25-14/h2-7,10-11,23H,8-9,12H2,1H3,(H2,19,20,24). The molecule has 3 rings (SSSR count). The summed E-state index contributed by atoms with van der Waals surface area (Å²) in [4.78, 5) is 12.1. The normalized spacial score (nSPS) is 10.6. The summed E-state index contributed by atoms with van der Waals surface area (Å²) in [7, 11) is 0. The van der Waals surface area contributed by atoms with Crippen molar-refractivity contribution in [3.63, 3.8) is 0 Å². The Kier molecular flexibility index (Phi) is 5.15. The Morgan fingerprint density at radius 3 is 2.84 bits per heavy atom. The number of aryl methyl sites for hydroxylation is 1. The van der Waals surface area contributed by atoms with E-state index >= 15 is 0 Å². The van der Waals surface area contributed by atoms with E-state index in [0.717, 1.165) is 16.8 Å². The second-order valence-corrected chi connectivity index (χ2v) is 5.56. The summed E-state index contributed by atoms with van der Waals surface area (Å²) in [6.07, 6.45) is 1.56. The first-order valence-electron chi connectivity index (χ1n) is 7.99. The van der Waals surface area contributed by atoms with E-state index in [0.29, 0.717) is 18.1 Å². The van der Waals surface area contributed by atoms with Crippen molar-refractivity contribution in [3.8, 4) is 11.3 Å². The van der Waals surface area contributed by atoms with Crippen molar-refractivity contribution in [1.29, 1.82) is 0 Å². The zero-order chi connectivity index (χ0) is 17.6. The average molecular weight is 340 g/mol. The lowest BCUT2D eigenvalue weighted by Crippen LogP contribution is -2.29. The Morgan fingerprint density at radius 1 is 1.28 bits per heavy atom. The van der Waals surface area contributed by atoms with E-state index in [9.17, 15) is 9.90 Å². The minimum absolute atomic E-state index is 0.0718. The molecule has 25 heavy (non-hydrogen) atoms. The van der Waals surface area contributed by atoms with Crippen molar-refractivity contribution < 1.29 is 14.3 Å². The average Bonchev–Trinajstić information content (AvgIpc) is 3.24. The Hall–Kier alpha value is -3.06. The number of anilines is 1. The summed E-state index contributed by atoms with van der Waals surface area (Å²) < 4.78 is 6.76. The maximum absolute atomic E-state index is 12.1. The smallest absolute Gasteiger partial charge is 0.320 e. The second kappa shape index (κ2) is 7.67. The van der Waals surface area contributed by atoms with Gasteiger partial charge in [0, 0.05) is 11.6 Å². The number of rotatable bonds is 6. The highest BCUT2D eigenvalue weighted by molar-refractivity contribution is 5.89. The number of furan rings is 1. The molecule has 2 aromatic heterocycles. The topological polar surface area (TPSA) is 92.3 Å². The van der Waals surface area contributed by atoms with Gasteiger partial charge in [-0.3, -0.25) is 5.32 Å². The summed E-state index contributed by atoms with van der Waals surface area (Å²) >= 11 is 0. The second-order valence-electron chi connectivity index (χ2n) is 5.56. The van der Waals surface area contributed by atoms with E-state index in [-0.39, 0.29) is 19.2 Å². The molecule has 130 valence electrons. The third-order valence-corrected chi connectivity index (χ3v) is 3.76. The summed E-state index contributed by atoms with van der Waals surface area (Å²) in [5, 5.41) is 19.2. The molecule has 0 radical (unpaired) electrons. The molecule has 0 fully saturated rings. The number of amides is 2. The van der Waals surface area contributed by atoms with Gasteiger partial charge in [-0.25, -0.2) is 9.48 Å². The van der Waals surface area contributed by atoms with Crippen molar-refractivity contribution in [2.75, 3.05) is 11.9 Å². The predicted molar refractivity (Wildman–Crippen MR) is 94.1 cm³/mol. The molecule has 2 heterocycles. The number of hydrogen-bond acceptors (Lipinski definition) is 4. The molecular formula is C18H20N4O3. The lowest BCUT2D eigenvalue weighted by atomic mass is 10.1. The zero-order valence-electron chi connectivity index (χ0n) is 13.9. The molecule has 0 bridgehead atoms. The molecule has 0 unspecified atom stereocenters. The van der Waals surface area contributed by atoms with Gasteiger partial charge in [-0.15, -0.1) is 0 Å². The van der Waals surface area contributed by atoms with E-state index in [1.165, 1.54) is 0 Å². The highest BCUT2D eigenvalue weighted by atomic mass is 16.3. The fourth-order valence-corrected chi connectivity index (χ4v) is 2.52. The van der Waals surface area contributed by atoms with Gasteiger partial charge in [-0.1, -0.05) is 24.3 Å². The van der Waals surface area contributed by atoms with Crippen molar-refractivity contribution in [3.05, 3.63) is 60.1 Å². The van der Waals surface area contributed by atoms with Gasteiger partial charge >= 0.3 is 6.03 Å². The number of carbonyl (C=O) groups is 1. The van der Waals surface area contributed by atoms with Crippen molar-refractivity contribution >= 4 is 11.8 Å². The van der Waals surface area contributed by atoms with E-state index in [4.69, 9.17) is 4.42 Å². The van der Waals surface area contributed by atoms with E-state index in [1.54, 1.807) is 29.1 Å².